The van der Waals surface area contributed by atoms with Crippen molar-refractivity contribution in [2.45, 2.75) is 32.9 Å². The van der Waals surface area contributed by atoms with Crippen LogP contribution in [-0.4, -0.2) is 29.1 Å². The molecule has 2 atom stereocenters. The number of aliphatic hydroxyl groups is 1. The Hall–Kier alpha value is -2.92. The molecule has 140 valence electrons. The van der Waals surface area contributed by atoms with Gasteiger partial charge in [-0.1, -0.05) is 23.8 Å². The average Bonchev–Trinajstić information content (AvgIpc) is 2.67. The number of aliphatic hydroxyl groups excluding tert-OH is 1. The summed E-state index contributed by atoms with van der Waals surface area (Å²) in [5.41, 5.74) is 3.91. The van der Waals surface area contributed by atoms with Gasteiger partial charge in [-0.25, -0.2) is 0 Å². The van der Waals surface area contributed by atoms with Crippen molar-refractivity contribution in [3.8, 4) is 5.75 Å². The smallest absolute Gasteiger partial charge is 0.252 e. The van der Waals surface area contributed by atoms with E-state index in [4.69, 9.17) is 4.74 Å². The topological polar surface area (TPSA) is 71.5 Å². The highest BCUT2D eigenvalue weighted by Crippen LogP contribution is 2.23. The molecule has 1 aromatic heterocycles. The molecule has 0 saturated heterocycles. The molecular formula is C22H24N2O3. The average molecular weight is 364 g/mol. The van der Waals surface area contributed by atoms with Gasteiger partial charge in [-0.15, -0.1) is 0 Å². The quantitative estimate of drug-likeness (QED) is 0.724. The Morgan fingerprint density at radius 3 is 2.48 bits per heavy atom. The molecule has 1 amide bonds. The Balaban J connectivity index is 1.83. The van der Waals surface area contributed by atoms with E-state index in [2.05, 4.69) is 10.3 Å². The SMILES string of the molecule is COc1ccc([C@@H](O)[C@@H](C)NC(=O)c2cc(C)nc3ccc(C)cc23)cc1. The van der Waals surface area contributed by atoms with E-state index in [-0.39, 0.29) is 5.91 Å². The number of nitrogens with one attached hydrogen (secondary N) is 1. The third-order valence-electron chi connectivity index (χ3n) is 4.63. The van der Waals surface area contributed by atoms with Crippen LogP contribution in [0.25, 0.3) is 10.9 Å². The van der Waals surface area contributed by atoms with Crippen molar-refractivity contribution in [2.75, 3.05) is 7.11 Å². The Labute approximate surface area is 159 Å². The molecule has 0 saturated carbocycles. The van der Waals surface area contributed by atoms with Crippen LogP contribution in [0.15, 0.2) is 48.5 Å². The maximum atomic E-state index is 12.9. The summed E-state index contributed by atoms with van der Waals surface area (Å²) < 4.78 is 5.14. The molecule has 0 aliphatic carbocycles. The zero-order valence-electron chi connectivity index (χ0n) is 16.0. The van der Waals surface area contributed by atoms with Crippen LogP contribution in [0.4, 0.5) is 0 Å². The lowest BCUT2D eigenvalue weighted by atomic mass is 10.0. The van der Waals surface area contributed by atoms with Crippen molar-refractivity contribution >= 4 is 16.8 Å². The van der Waals surface area contributed by atoms with Gasteiger partial charge in [-0.05, 0) is 56.7 Å². The fraction of sp³-hybridized carbons (Fsp3) is 0.273. The number of hydrogen-bond acceptors (Lipinski definition) is 4. The van der Waals surface area contributed by atoms with Crippen molar-refractivity contribution in [2.24, 2.45) is 0 Å². The number of carbonyl (C=O) groups is 1. The summed E-state index contributed by atoms with van der Waals surface area (Å²) in [6.45, 7) is 5.64. The number of ether oxygens (including phenoxy) is 1. The van der Waals surface area contributed by atoms with Crippen LogP contribution in [-0.2, 0) is 0 Å². The summed E-state index contributed by atoms with van der Waals surface area (Å²) in [5, 5.41) is 14.3. The summed E-state index contributed by atoms with van der Waals surface area (Å²) >= 11 is 0. The fourth-order valence-corrected chi connectivity index (χ4v) is 3.11. The van der Waals surface area contributed by atoms with Gasteiger partial charge >= 0.3 is 0 Å². The summed E-state index contributed by atoms with van der Waals surface area (Å²) in [5.74, 6) is 0.493. The standard InChI is InChI=1S/C22H24N2O3/c1-13-5-10-20-18(11-13)19(12-14(2)23-20)22(26)24-15(3)21(25)16-6-8-17(27-4)9-7-16/h5-12,15,21,25H,1-4H3,(H,24,26)/t15-,21+/m1/s1. The largest absolute Gasteiger partial charge is 0.497 e. The van der Waals surface area contributed by atoms with Gasteiger partial charge in [0.2, 0.25) is 0 Å². The maximum absolute atomic E-state index is 12.9. The van der Waals surface area contributed by atoms with Crippen molar-refractivity contribution < 1.29 is 14.6 Å². The van der Waals surface area contributed by atoms with E-state index in [1.165, 1.54) is 0 Å². The van der Waals surface area contributed by atoms with Gasteiger partial charge in [0, 0.05) is 11.1 Å². The molecule has 0 fully saturated rings. The highest BCUT2D eigenvalue weighted by atomic mass is 16.5. The van der Waals surface area contributed by atoms with E-state index in [9.17, 15) is 9.90 Å². The van der Waals surface area contributed by atoms with Gasteiger partial charge in [0.25, 0.3) is 5.91 Å². The molecule has 0 aliphatic rings. The van der Waals surface area contributed by atoms with E-state index < -0.39 is 12.1 Å². The third kappa shape index (κ3) is 4.09. The minimum Gasteiger partial charge on any atom is -0.497 e. The van der Waals surface area contributed by atoms with Crippen LogP contribution in [0.3, 0.4) is 0 Å². The zero-order chi connectivity index (χ0) is 19.6. The number of aromatic nitrogens is 1. The first kappa shape index (κ1) is 18.9. The third-order valence-corrected chi connectivity index (χ3v) is 4.63. The Morgan fingerprint density at radius 1 is 1.11 bits per heavy atom. The molecule has 0 radical (unpaired) electrons. The Kier molecular flexibility index (Phi) is 5.42. The van der Waals surface area contributed by atoms with E-state index in [1.54, 1.807) is 44.4 Å². The van der Waals surface area contributed by atoms with Crippen LogP contribution in [0.2, 0.25) is 0 Å². The lowest BCUT2D eigenvalue weighted by Crippen LogP contribution is -2.37. The molecule has 2 N–H and O–H groups in total. The highest BCUT2D eigenvalue weighted by molar-refractivity contribution is 6.06. The molecule has 0 aliphatic heterocycles. The molecule has 0 bridgehead atoms. The lowest BCUT2D eigenvalue weighted by Gasteiger charge is -2.21. The molecule has 3 aromatic rings. The van der Waals surface area contributed by atoms with Crippen LogP contribution in [0.1, 0.15) is 40.2 Å². The molecule has 0 spiro atoms. The molecule has 0 unspecified atom stereocenters. The van der Waals surface area contributed by atoms with Crippen LogP contribution in [0.5, 0.6) is 5.75 Å². The summed E-state index contributed by atoms with van der Waals surface area (Å²) in [6.07, 6.45) is -0.823. The minimum atomic E-state index is -0.823. The molecule has 3 rings (SSSR count). The van der Waals surface area contributed by atoms with Gasteiger partial charge < -0.3 is 15.2 Å². The molecule has 1 heterocycles. The predicted molar refractivity (Wildman–Crippen MR) is 106 cm³/mol. The maximum Gasteiger partial charge on any atom is 0.252 e. The molecule has 5 heteroatoms. The molecular weight excluding hydrogens is 340 g/mol. The number of carbonyl (C=O) groups excluding carboxylic acids is 1. The number of aryl methyl sites for hydroxylation is 2. The molecule has 2 aromatic carbocycles. The Bertz CT molecular complexity index is 967. The predicted octanol–water partition coefficient (Wildman–Crippen LogP) is 3.71. The second-order valence-corrected chi connectivity index (χ2v) is 6.81. The van der Waals surface area contributed by atoms with Gasteiger partial charge in [0.15, 0.2) is 0 Å². The number of methoxy groups -OCH3 is 1. The first-order valence-corrected chi connectivity index (χ1v) is 8.90. The van der Waals surface area contributed by atoms with Crippen molar-refractivity contribution in [1.29, 1.82) is 0 Å². The normalized spacial score (nSPS) is 13.2. The molecule has 27 heavy (non-hydrogen) atoms. The summed E-state index contributed by atoms with van der Waals surface area (Å²) in [6, 6.07) is 14.3. The Morgan fingerprint density at radius 2 is 1.81 bits per heavy atom. The fourth-order valence-electron chi connectivity index (χ4n) is 3.11. The van der Waals surface area contributed by atoms with Crippen LogP contribution in [0, 0.1) is 13.8 Å². The first-order chi connectivity index (χ1) is 12.9. The first-order valence-electron chi connectivity index (χ1n) is 8.90. The zero-order valence-corrected chi connectivity index (χ0v) is 16.0. The monoisotopic (exact) mass is 364 g/mol. The number of hydrogen-bond donors (Lipinski definition) is 2. The van der Waals surface area contributed by atoms with E-state index in [1.807, 2.05) is 32.0 Å². The van der Waals surface area contributed by atoms with Crippen molar-refractivity contribution in [3.05, 3.63) is 70.9 Å². The van der Waals surface area contributed by atoms with Gasteiger partial charge in [-0.2, -0.15) is 0 Å². The second-order valence-electron chi connectivity index (χ2n) is 6.81. The van der Waals surface area contributed by atoms with Crippen LogP contribution < -0.4 is 10.1 Å². The number of pyridine rings is 1. The van der Waals surface area contributed by atoms with Crippen molar-refractivity contribution in [3.63, 3.8) is 0 Å². The second kappa shape index (κ2) is 7.76. The van der Waals surface area contributed by atoms with Gasteiger partial charge in [-0.3, -0.25) is 9.78 Å². The van der Waals surface area contributed by atoms with E-state index >= 15 is 0 Å². The minimum absolute atomic E-state index is 0.226. The number of fused-ring (bicyclic) bond motifs is 1. The van der Waals surface area contributed by atoms with E-state index in [0.717, 1.165) is 33.5 Å². The number of rotatable bonds is 5. The number of nitrogens with zero attached hydrogens (tertiary/aromatic N) is 1. The number of benzene rings is 2. The van der Waals surface area contributed by atoms with Crippen molar-refractivity contribution in [1.82, 2.24) is 10.3 Å². The van der Waals surface area contributed by atoms with Gasteiger partial charge in [0.05, 0.1) is 30.3 Å². The lowest BCUT2D eigenvalue weighted by molar-refractivity contribution is 0.0853. The number of amides is 1. The van der Waals surface area contributed by atoms with E-state index in [0.29, 0.717) is 5.56 Å². The summed E-state index contributed by atoms with van der Waals surface area (Å²) in [7, 11) is 1.59. The highest BCUT2D eigenvalue weighted by Gasteiger charge is 2.21. The summed E-state index contributed by atoms with van der Waals surface area (Å²) in [4.78, 5) is 17.4. The van der Waals surface area contributed by atoms with Crippen LogP contribution >= 0.6 is 0 Å². The molecule has 5 nitrogen and oxygen atoms in total. The van der Waals surface area contributed by atoms with Gasteiger partial charge in [0.1, 0.15) is 5.75 Å².